The van der Waals surface area contributed by atoms with Crippen molar-refractivity contribution < 1.29 is 28.5 Å². The molecule has 7 heteroatoms. The van der Waals surface area contributed by atoms with Gasteiger partial charge in [-0.25, -0.2) is 4.79 Å². The summed E-state index contributed by atoms with van der Waals surface area (Å²) >= 11 is 0. The van der Waals surface area contributed by atoms with Gasteiger partial charge >= 0.3 is 5.97 Å². The maximum Gasteiger partial charge on any atom is 0.336 e. The number of dihydropyridines is 1. The third-order valence-electron chi connectivity index (χ3n) is 6.57. The van der Waals surface area contributed by atoms with Crippen molar-refractivity contribution in [1.82, 2.24) is 5.32 Å². The predicted octanol–water partition coefficient (Wildman–Crippen LogP) is 3.97. The molecule has 0 saturated heterocycles. The molecule has 2 aromatic rings. The van der Waals surface area contributed by atoms with Crippen LogP contribution >= 0.6 is 0 Å². The zero-order valence-electron chi connectivity index (χ0n) is 19.3. The zero-order valence-corrected chi connectivity index (χ0v) is 19.3. The van der Waals surface area contributed by atoms with Crippen LogP contribution in [0.5, 0.6) is 11.5 Å². The van der Waals surface area contributed by atoms with Crippen LogP contribution in [0.15, 0.2) is 71.1 Å². The first-order valence-corrected chi connectivity index (χ1v) is 11.4. The average molecular weight is 462 g/mol. The van der Waals surface area contributed by atoms with Gasteiger partial charge in [-0.15, -0.1) is 0 Å². The Morgan fingerprint density at radius 2 is 1.82 bits per heavy atom. The highest BCUT2D eigenvalue weighted by molar-refractivity contribution is 6.04. The van der Waals surface area contributed by atoms with Crippen molar-refractivity contribution in [2.75, 3.05) is 27.1 Å². The summed E-state index contributed by atoms with van der Waals surface area (Å²) in [7, 11) is 1.55. The number of benzene rings is 2. The Bertz CT molecular complexity index is 1180. The zero-order chi connectivity index (χ0) is 23.7. The number of esters is 1. The molecule has 7 nitrogen and oxygen atoms in total. The van der Waals surface area contributed by atoms with E-state index in [4.69, 9.17) is 18.9 Å². The second-order valence-electron chi connectivity index (χ2n) is 8.67. The van der Waals surface area contributed by atoms with Gasteiger partial charge in [0.2, 0.25) is 6.79 Å². The monoisotopic (exact) mass is 461 g/mol. The SMILES string of the molecule is COCCOC(=O)C1=C(C)NC2=C(C(=O)C[C@H](c3ccccc3)C2)[C@H]1c1ccc2c(c1)OCO2. The largest absolute Gasteiger partial charge is 0.460 e. The molecule has 0 aromatic heterocycles. The van der Waals surface area contributed by atoms with Crippen LogP contribution < -0.4 is 14.8 Å². The summed E-state index contributed by atoms with van der Waals surface area (Å²) < 4.78 is 21.6. The second kappa shape index (κ2) is 9.35. The van der Waals surface area contributed by atoms with E-state index in [1.165, 1.54) is 0 Å². The molecule has 2 atom stereocenters. The number of carbonyl (C=O) groups is 2. The molecule has 2 heterocycles. The number of ether oxygens (including phenoxy) is 4. The number of fused-ring (bicyclic) bond motifs is 1. The van der Waals surface area contributed by atoms with Crippen molar-refractivity contribution >= 4 is 11.8 Å². The Kier molecular flexibility index (Phi) is 6.11. The van der Waals surface area contributed by atoms with Crippen LogP contribution in [0, 0.1) is 0 Å². The van der Waals surface area contributed by atoms with Crippen LogP contribution in [0.3, 0.4) is 0 Å². The number of allylic oxidation sites excluding steroid dienone is 3. The second-order valence-corrected chi connectivity index (χ2v) is 8.67. The number of ketones is 1. The summed E-state index contributed by atoms with van der Waals surface area (Å²) in [5.74, 6) is 0.351. The number of hydrogen-bond donors (Lipinski definition) is 1. The minimum absolute atomic E-state index is 0.0277. The molecule has 2 aliphatic heterocycles. The molecule has 0 fully saturated rings. The van der Waals surface area contributed by atoms with Crippen molar-refractivity contribution in [3.8, 4) is 11.5 Å². The maximum atomic E-state index is 13.6. The Balaban J connectivity index is 1.56. The van der Waals surface area contributed by atoms with E-state index >= 15 is 0 Å². The highest BCUT2D eigenvalue weighted by Crippen LogP contribution is 2.47. The van der Waals surface area contributed by atoms with E-state index in [1.807, 2.05) is 43.3 Å². The summed E-state index contributed by atoms with van der Waals surface area (Å²) in [6, 6.07) is 15.6. The van der Waals surface area contributed by atoms with Crippen LogP contribution in [0.2, 0.25) is 0 Å². The topological polar surface area (TPSA) is 83.1 Å². The van der Waals surface area contributed by atoms with E-state index in [1.54, 1.807) is 7.11 Å². The molecule has 2 aromatic carbocycles. The minimum atomic E-state index is -0.551. The first-order chi connectivity index (χ1) is 16.6. The fraction of sp³-hybridized carbons (Fsp3) is 0.333. The highest BCUT2D eigenvalue weighted by atomic mass is 16.7. The van der Waals surface area contributed by atoms with Gasteiger partial charge in [0.1, 0.15) is 6.61 Å². The maximum absolute atomic E-state index is 13.6. The lowest BCUT2D eigenvalue weighted by molar-refractivity contribution is -0.140. The number of rotatable bonds is 6. The fourth-order valence-corrected chi connectivity index (χ4v) is 4.99. The van der Waals surface area contributed by atoms with Crippen LogP contribution in [-0.2, 0) is 19.1 Å². The van der Waals surface area contributed by atoms with Crippen LogP contribution in [0.25, 0.3) is 0 Å². The van der Waals surface area contributed by atoms with Gasteiger partial charge in [0, 0.05) is 36.4 Å². The van der Waals surface area contributed by atoms with Crippen molar-refractivity contribution in [2.45, 2.75) is 31.6 Å². The highest BCUT2D eigenvalue weighted by Gasteiger charge is 2.41. The molecule has 0 bridgehead atoms. The Labute approximate surface area is 198 Å². The lowest BCUT2D eigenvalue weighted by atomic mass is 9.71. The molecule has 0 radical (unpaired) electrons. The molecular weight excluding hydrogens is 434 g/mol. The molecule has 5 rings (SSSR count). The molecule has 34 heavy (non-hydrogen) atoms. The summed E-state index contributed by atoms with van der Waals surface area (Å²) in [5, 5.41) is 3.37. The number of carbonyl (C=O) groups excluding carboxylic acids is 2. The Morgan fingerprint density at radius 3 is 2.62 bits per heavy atom. The molecule has 0 spiro atoms. The molecular formula is C27H27NO6. The summed E-state index contributed by atoms with van der Waals surface area (Å²) in [6.07, 6.45) is 1.08. The van der Waals surface area contributed by atoms with Crippen molar-refractivity contribution in [3.05, 3.63) is 82.2 Å². The third kappa shape index (κ3) is 4.07. The normalized spacial score (nSPS) is 21.3. The van der Waals surface area contributed by atoms with Gasteiger partial charge < -0.3 is 24.3 Å². The van der Waals surface area contributed by atoms with E-state index in [0.29, 0.717) is 47.8 Å². The summed E-state index contributed by atoms with van der Waals surface area (Å²) in [4.78, 5) is 26.8. The van der Waals surface area contributed by atoms with Crippen molar-refractivity contribution in [2.24, 2.45) is 0 Å². The molecule has 0 unspecified atom stereocenters. The molecule has 1 aliphatic carbocycles. The van der Waals surface area contributed by atoms with Crippen LogP contribution in [-0.4, -0.2) is 38.9 Å². The van der Waals surface area contributed by atoms with Gasteiger partial charge in [0.25, 0.3) is 0 Å². The molecule has 1 N–H and O–H groups in total. The standard InChI is InChI=1S/C27H27NO6/c1-16-24(27(30)32-11-10-31-2)25(18-8-9-22-23(14-18)34-15-33-22)26-20(28-16)12-19(13-21(26)29)17-6-4-3-5-7-17/h3-9,14,19,25,28H,10-13,15H2,1-2H3/t19-,25+/m1/s1. The Morgan fingerprint density at radius 1 is 1.03 bits per heavy atom. The summed E-state index contributed by atoms with van der Waals surface area (Å²) in [6.45, 7) is 2.44. The Hall–Kier alpha value is -3.58. The van der Waals surface area contributed by atoms with E-state index in [2.05, 4.69) is 17.4 Å². The third-order valence-corrected chi connectivity index (χ3v) is 6.57. The number of nitrogens with one attached hydrogen (secondary N) is 1. The molecule has 3 aliphatic rings. The van der Waals surface area contributed by atoms with Gasteiger partial charge in [-0.1, -0.05) is 36.4 Å². The van der Waals surface area contributed by atoms with Gasteiger partial charge in [-0.2, -0.15) is 0 Å². The number of hydrogen-bond acceptors (Lipinski definition) is 7. The van der Waals surface area contributed by atoms with E-state index < -0.39 is 11.9 Å². The van der Waals surface area contributed by atoms with E-state index in [0.717, 1.165) is 16.8 Å². The fourth-order valence-electron chi connectivity index (χ4n) is 4.99. The van der Waals surface area contributed by atoms with Gasteiger partial charge in [0.15, 0.2) is 17.3 Å². The lowest BCUT2D eigenvalue weighted by Crippen LogP contribution is -2.36. The lowest BCUT2D eigenvalue weighted by Gasteiger charge is -2.36. The molecule has 0 amide bonds. The molecule has 176 valence electrons. The van der Waals surface area contributed by atoms with Gasteiger partial charge in [-0.05, 0) is 42.5 Å². The number of methoxy groups -OCH3 is 1. The first kappa shape index (κ1) is 22.2. The minimum Gasteiger partial charge on any atom is -0.460 e. The van der Waals surface area contributed by atoms with Crippen molar-refractivity contribution in [3.63, 3.8) is 0 Å². The van der Waals surface area contributed by atoms with Crippen LogP contribution in [0.4, 0.5) is 0 Å². The van der Waals surface area contributed by atoms with Crippen LogP contribution in [0.1, 0.15) is 42.7 Å². The average Bonchev–Trinajstić information content (AvgIpc) is 3.31. The summed E-state index contributed by atoms with van der Waals surface area (Å²) in [5.41, 5.74) is 4.53. The van der Waals surface area contributed by atoms with E-state index in [9.17, 15) is 9.59 Å². The predicted molar refractivity (Wildman–Crippen MR) is 124 cm³/mol. The van der Waals surface area contributed by atoms with E-state index in [-0.39, 0.29) is 25.1 Å². The van der Waals surface area contributed by atoms with Gasteiger partial charge in [-0.3, -0.25) is 4.79 Å². The number of Topliss-reactive ketones (excluding diaryl/α,β-unsaturated/α-hetero) is 1. The molecule has 0 saturated carbocycles. The smallest absolute Gasteiger partial charge is 0.336 e. The van der Waals surface area contributed by atoms with Crippen molar-refractivity contribution in [1.29, 1.82) is 0 Å². The first-order valence-electron chi connectivity index (χ1n) is 11.4. The van der Waals surface area contributed by atoms with Gasteiger partial charge in [0.05, 0.1) is 12.2 Å². The quantitative estimate of drug-likeness (QED) is 0.515.